The van der Waals surface area contributed by atoms with Gasteiger partial charge in [0.1, 0.15) is 28.6 Å². The van der Waals surface area contributed by atoms with E-state index in [-0.39, 0.29) is 10.9 Å². The molecule has 0 unspecified atom stereocenters. The summed E-state index contributed by atoms with van der Waals surface area (Å²) in [5.74, 6) is -0.710. The van der Waals surface area contributed by atoms with Gasteiger partial charge in [-0.05, 0) is 18.4 Å². The van der Waals surface area contributed by atoms with E-state index in [4.69, 9.17) is 13.9 Å². The SMILES string of the molecule is O=C(O)c1coc2c3c(oc(=O)c12)-c1ccccc1CC3. The molecule has 1 aromatic carbocycles. The van der Waals surface area contributed by atoms with Crippen LogP contribution in [0.15, 0.2) is 44.2 Å². The van der Waals surface area contributed by atoms with E-state index in [2.05, 4.69) is 0 Å². The molecule has 2 heterocycles. The number of carbonyl (C=O) groups is 1. The summed E-state index contributed by atoms with van der Waals surface area (Å²) >= 11 is 0. The highest BCUT2D eigenvalue weighted by Crippen LogP contribution is 2.37. The summed E-state index contributed by atoms with van der Waals surface area (Å²) in [5.41, 5.74) is 2.24. The smallest absolute Gasteiger partial charge is 0.348 e. The lowest BCUT2D eigenvalue weighted by atomic mass is 9.89. The summed E-state index contributed by atoms with van der Waals surface area (Å²) in [6.07, 6.45) is 2.55. The van der Waals surface area contributed by atoms with E-state index >= 15 is 0 Å². The predicted molar refractivity (Wildman–Crippen MR) is 74.6 cm³/mol. The molecule has 5 heteroatoms. The van der Waals surface area contributed by atoms with E-state index < -0.39 is 11.6 Å². The summed E-state index contributed by atoms with van der Waals surface area (Å²) in [4.78, 5) is 23.3. The van der Waals surface area contributed by atoms with Crippen molar-refractivity contribution in [3.05, 3.63) is 57.6 Å². The molecule has 1 aliphatic rings. The van der Waals surface area contributed by atoms with Gasteiger partial charge >= 0.3 is 11.6 Å². The van der Waals surface area contributed by atoms with Crippen LogP contribution in [0.2, 0.25) is 0 Å². The van der Waals surface area contributed by atoms with Gasteiger partial charge in [0.05, 0.1) is 0 Å². The van der Waals surface area contributed by atoms with Crippen molar-refractivity contribution in [3.63, 3.8) is 0 Å². The monoisotopic (exact) mass is 282 g/mol. The van der Waals surface area contributed by atoms with Gasteiger partial charge in [0, 0.05) is 11.1 Å². The summed E-state index contributed by atoms with van der Waals surface area (Å²) < 4.78 is 10.8. The fraction of sp³-hybridized carbons (Fsp3) is 0.125. The summed E-state index contributed by atoms with van der Waals surface area (Å²) in [6.45, 7) is 0. The summed E-state index contributed by atoms with van der Waals surface area (Å²) in [5, 5.41) is 9.13. The average Bonchev–Trinajstić information content (AvgIpc) is 2.93. The number of aromatic carboxylic acids is 1. The maximum atomic E-state index is 12.2. The molecule has 0 fully saturated rings. The molecule has 2 aromatic heterocycles. The molecule has 0 saturated heterocycles. The van der Waals surface area contributed by atoms with Crippen LogP contribution in [0.25, 0.3) is 22.3 Å². The Morgan fingerprint density at radius 3 is 2.81 bits per heavy atom. The number of hydrogen-bond acceptors (Lipinski definition) is 4. The molecule has 3 aromatic rings. The van der Waals surface area contributed by atoms with Crippen molar-refractivity contribution in [2.45, 2.75) is 12.8 Å². The number of benzene rings is 1. The minimum Gasteiger partial charge on any atom is -0.478 e. The van der Waals surface area contributed by atoms with E-state index in [1.165, 1.54) is 0 Å². The first-order chi connectivity index (χ1) is 10.2. The fourth-order valence-electron chi connectivity index (χ4n) is 2.91. The van der Waals surface area contributed by atoms with E-state index in [0.29, 0.717) is 17.8 Å². The largest absolute Gasteiger partial charge is 0.478 e. The van der Waals surface area contributed by atoms with Crippen LogP contribution in [0.1, 0.15) is 21.5 Å². The van der Waals surface area contributed by atoms with Gasteiger partial charge in [-0.25, -0.2) is 9.59 Å². The van der Waals surface area contributed by atoms with Gasteiger partial charge in [-0.2, -0.15) is 0 Å². The van der Waals surface area contributed by atoms with Gasteiger partial charge in [0.25, 0.3) is 0 Å². The molecular weight excluding hydrogens is 272 g/mol. The van der Waals surface area contributed by atoms with Crippen molar-refractivity contribution in [1.29, 1.82) is 0 Å². The first kappa shape index (κ1) is 12.0. The van der Waals surface area contributed by atoms with Gasteiger partial charge < -0.3 is 13.9 Å². The van der Waals surface area contributed by atoms with Crippen LogP contribution < -0.4 is 5.63 Å². The first-order valence-corrected chi connectivity index (χ1v) is 6.55. The molecule has 4 rings (SSSR count). The number of aryl methyl sites for hydroxylation is 2. The highest BCUT2D eigenvalue weighted by atomic mass is 16.4. The predicted octanol–water partition coefficient (Wildman–Crippen LogP) is 2.85. The third kappa shape index (κ3) is 1.57. The lowest BCUT2D eigenvalue weighted by Gasteiger charge is -2.17. The third-order valence-corrected chi connectivity index (χ3v) is 3.87. The molecule has 21 heavy (non-hydrogen) atoms. The van der Waals surface area contributed by atoms with Crippen LogP contribution in [0, 0.1) is 0 Å². The van der Waals surface area contributed by atoms with Crippen molar-refractivity contribution >= 4 is 16.9 Å². The normalized spacial score (nSPS) is 13.0. The van der Waals surface area contributed by atoms with Crippen LogP contribution in [0.4, 0.5) is 0 Å². The lowest BCUT2D eigenvalue weighted by Crippen LogP contribution is -2.11. The summed E-state index contributed by atoms with van der Waals surface area (Å²) in [7, 11) is 0. The molecule has 0 spiro atoms. The molecule has 0 radical (unpaired) electrons. The Balaban J connectivity index is 2.12. The zero-order valence-corrected chi connectivity index (χ0v) is 10.9. The highest BCUT2D eigenvalue weighted by molar-refractivity contribution is 6.03. The van der Waals surface area contributed by atoms with Crippen molar-refractivity contribution in [2.24, 2.45) is 0 Å². The van der Waals surface area contributed by atoms with Gasteiger partial charge in [-0.1, -0.05) is 24.3 Å². The van der Waals surface area contributed by atoms with Crippen LogP contribution in [-0.4, -0.2) is 11.1 Å². The molecular formula is C16H10O5. The number of carboxylic acid groups (broad SMARTS) is 1. The van der Waals surface area contributed by atoms with Gasteiger partial charge in [-0.3, -0.25) is 0 Å². The number of hydrogen-bond donors (Lipinski definition) is 1. The first-order valence-electron chi connectivity index (χ1n) is 6.55. The second-order valence-electron chi connectivity index (χ2n) is 5.01. The molecule has 1 N–H and O–H groups in total. The van der Waals surface area contributed by atoms with Gasteiger partial charge in [-0.15, -0.1) is 0 Å². The maximum absolute atomic E-state index is 12.2. The van der Waals surface area contributed by atoms with Gasteiger partial charge in [0.2, 0.25) is 0 Å². The van der Waals surface area contributed by atoms with Crippen LogP contribution in [0.5, 0.6) is 0 Å². The molecule has 1 aliphatic carbocycles. The Hall–Kier alpha value is -2.82. The van der Waals surface area contributed by atoms with Crippen LogP contribution >= 0.6 is 0 Å². The third-order valence-electron chi connectivity index (χ3n) is 3.87. The minimum absolute atomic E-state index is 0.0145. The molecule has 0 aliphatic heterocycles. The Labute approximate surface area is 118 Å². The summed E-state index contributed by atoms with van der Waals surface area (Å²) in [6, 6.07) is 7.70. The fourth-order valence-corrected chi connectivity index (χ4v) is 2.91. The maximum Gasteiger partial charge on any atom is 0.348 e. The van der Waals surface area contributed by atoms with Gasteiger partial charge in [0.15, 0.2) is 0 Å². The van der Waals surface area contributed by atoms with Crippen LogP contribution in [0.3, 0.4) is 0 Å². The molecule has 0 bridgehead atoms. The van der Waals surface area contributed by atoms with E-state index in [9.17, 15) is 9.59 Å². The minimum atomic E-state index is -1.20. The molecule has 5 nitrogen and oxygen atoms in total. The van der Waals surface area contributed by atoms with E-state index in [0.717, 1.165) is 29.4 Å². The topological polar surface area (TPSA) is 80.7 Å². The standard InChI is InChI=1S/C16H10O5/c17-15(18)11-7-20-14-10-6-5-8-3-1-2-4-9(8)13(10)21-16(19)12(11)14/h1-4,7H,5-6H2,(H,17,18). The Morgan fingerprint density at radius 1 is 1.19 bits per heavy atom. The van der Waals surface area contributed by atoms with Crippen molar-refractivity contribution in [3.8, 4) is 11.3 Å². The number of carboxylic acids is 1. The molecule has 104 valence electrons. The Bertz CT molecular complexity index is 945. The van der Waals surface area contributed by atoms with Crippen molar-refractivity contribution < 1.29 is 18.7 Å². The van der Waals surface area contributed by atoms with Crippen molar-refractivity contribution in [2.75, 3.05) is 0 Å². The average molecular weight is 282 g/mol. The second kappa shape index (κ2) is 4.09. The van der Waals surface area contributed by atoms with Crippen molar-refractivity contribution in [1.82, 2.24) is 0 Å². The second-order valence-corrected chi connectivity index (χ2v) is 5.01. The number of fused-ring (bicyclic) bond motifs is 5. The Morgan fingerprint density at radius 2 is 2.00 bits per heavy atom. The zero-order chi connectivity index (χ0) is 14.6. The molecule has 0 amide bonds. The zero-order valence-electron chi connectivity index (χ0n) is 10.9. The molecule has 0 atom stereocenters. The highest BCUT2D eigenvalue weighted by Gasteiger charge is 2.27. The molecule has 0 saturated carbocycles. The number of rotatable bonds is 1. The lowest BCUT2D eigenvalue weighted by molar-refractivity contribution is 0.0697. The van der Waals surface area contributed by atoms with E-state index in [1.54, 1.807) is 0 Å². The number of furan rings is 1. The van der Waals surface area contributed by atoms with Crippen LogP contribution in [-0.2, 0) is 12.8 Å². The van der Waals surface area contributed by atoms with E-state index in [1.807, 2.05) is 24.3 Å². The quantitative estimate of drug-likeness (QED) is 0.742. The Kier molecular flexibility index (Phi) is 2.33.